The van der Waals surface area contributed by atoms with Crippen molar-refractivity contribution in [2.45, 2.75) is 83.3 Å². The van der Waals surface area contributed by atoms with Crippen LogP contribution in [0.1, 0.15) is 98.4 Å². The van der Waals surface area contributed by atoms with Gasteiger partial charge in [-0.2, -0.15) is 0 Å². The van der Waals surface area contributed by atoms with Crippen molar-refractivity contribution >= 4 is 17.8 Å². The van der Waals surface area contributed by atoms with Crippen molar-refractivity contribution in [3.05, 3.63) is 65.0 Å². The van der Waals surface area contributed by atoms with E-state index in [4.69, 9.17) is 5.41 Å². The van der Waals surface area contributed by atoms with Crippen LogP contribution in [-0.2, 0) is 11.2 Å². The van der Waals surface area contributed by atoms with Crippen LogP contribution in [0.4, 0.5) is 0 Å². The lowest BCUT2D eigenvalue weighted by Crippen LogP contribution is -2.62. The first kappa shape index (κ1) is 23.9. The third kappa shape index (κ3) is 4.56. The van der Waals surface area contributed by atoms with Gasteiger partial charge in [-0.15, -0.1) is 0 Å². The molecule has 1 fully saturated rings. The maximum Gasteiger partial charge on any atom is 0.253 e. The van der Waals surface area contributed by atoms with Crippen molar-refractivity contribution in [1.82, 2.24) is 20.5 Å². The van der Waals surface area contributed by atoms with E-state index >= 15 is 0 Å². The molecule has 0 saturated carbocycles. The van der Waals surface area contributed by atoms with Crippen LogP contribution in [0.5, 0.6) is 0 Å². The normalized spacial score (nSPS) is 20.0. The van der Waals surface area contributed by atoms with E-state index in [-0.39, 0.29) is 35.4 Å². The second-order valence-corrected chi connectivity index (χ2v) is 9.48. The molecule has 2 aliphatic rings. The summed E-state index contributed by atoms with van der Waals surface area (Å²) in [5, 5.41) is 15.1. The quantitative estimate of drug-likeness (QED) is 0.533. The molecule has 7 nitrogen and oxygen atoms in total. The number of carbonyl (C=O) groups excluding carboxylic acids is 2. The van der Waals surface area contributed by atoms with Crippen LogP contribution < -0.4 is 10.6 Å². The number of benzene rings is 1. The number of guanidine groups is 1. The molecule has 0 spiro atoms. The van der Waals surface area contributed by atoms with Crippen LogP contribution in [0, 0.1) is 5.41 Å². The van der Waals surface area contributed by atoms with Crippen molar-refractivity contribution in [1.29, 1.82) is 5.41 Å². The van der Waals surface area contributed by atoms with E-state index in [1.807, 2.05) is 32.0 Å². The maximum atomic E-state index is 13.2. The van der Waals surface area contributed by atoms with Crippen LogP contribution in [-0.4, -0.2) is 33.2 Å². The van der Waals surface area contributed by atoms with Crippen LogP contribution in [0.3, 0.4) is 0 Å². The molecular weight excluding hydrogens is 426 g/mol. The van der Waals surface area contributed by atoms with Crippen LogP contribution in [0.15, 0.2) is 42.7 Å². The molecule has 2 heterocycles. The monoisotopic (exact) mass is 461 g/mol. The lowest BCUT2D eigenvalue weighted by Gasteiger charge is -2.44. The Labute approximate surface area is 201 Å². The van der Waals surface area contributed by atoms with Gasteiger partial charge < -0.3 is 10.6 Å². The number of rotatable bonds is 8. The fraction of sp³-hybridized carbons (Fsp3) is 0.481. The van der Waals surface area contributed by atoms with Gasteiger partial charge in [0.2, 0.25) is 5.91 Å². The van der Waals surface area contributed by atoms with Crippen molar-refractivity contribution < 1.29 is 9.59 Å². The molecule has 1 aromatic carbocycles. The minimum absolute atomic E-state index is 0.00365. The van der Waals surface area contributed by atoms with E-state index in [1.165, 1.54) is 11.1 Å². The first-order valence-electron chi connectivity index (χ1n) is 12.4. The second-order valence-electron chi connectivity index (χ2n) is 9.48. The largest absolute Gasteiger partial charge is 0.350 e. The van der Waals surface area contributed by atoms with Gasteiger partial charge in [0.25, 0.3) is 5.91 Å². The highest BCUT2D eigenvalue weighted by Gasteiger charge is 2.42. The summed E-state index contributed by atoms with van der Waals surface area (Å²) in [5.41, 5.74) is 3.36. The average molecular weight is 462 g/mol. The van der Waals surface area contributed by atoms with Crippen molar-refractivity contribution in [2.75, 3.05) is 0 Å². The predicted octanol–water partition coefficient (Wildman–Crippen LogP) is 4.66. The molecule has 1 aromatic heterocycles. The summed E-state index contributed by atoms with van der Waals surface area (Å²) < 4.78 is 0. The molecule has 7 heteroatoms. The Hall–Kier alpha value is -3.22. The number of aryl methyl sites for hydroxylation is 1. The Bertz CT molecular complexity index is 1060. The third-order valence-electron chi connectivity index (χ3n) is 7.45. The number of aromatic nitrogens is 1. The number of hydrogen-bond donors (Lipinski definition) is 3. The molecule has 1 aliphatic heterocycles. The van der Waals surface area contributed by atoms with Crippen LogP contribution in [0.2, 0.25) is 0 Å². The predicted molar refractivity (Wildman–Crippen MR) is 132 cm³/mol. The number of fused-ring (bicyclic) bond motifs is 1. The number of carbonyl (C=O) groups is 2. The summed E-state index contributed by atoms with van der Waals surface area (Å²) in [5.74, 6) is -0.0837. The number of hydrogen-bond acceptors (Lipinski definition) is 4. The van der Waals surface area contributed by atoms with Gasteiger partial charge in [0.05, 0.1) is 24.1 Å². The fourth-order valence-corrected chi connectivity index (χ4v) is 5.29. The van der Waals surface area contributed by atoms with Gasteiger partial charge in [-0.3, -0.25) is 24.9 Å². The molecule has 1 saturated heterocycles. The molecule has 34 heavy (non-hydrogen) atoms. The van der Waals surface area contributed by atoms with Crippen molar-refractivity contribution in [3.8, 4) is 0 Å². The van der Waals surface area contributed by atoms with Gasteiger partial charge in [0.15, 0.2) is 5.96 Å². The Morgan fingerprint density at radius 1 is 1.26 bits per heavy atom. The fourth-order valence-electron chi connectivity index (χ4n) is 5.29. The van der Waals surface area contributed by atoms with E-state index in [1.54, 1.807) is 17.3 Å². The van der Waals surface area contributed by atoms with E-state index in [0.29, 0.717) is 18.4 Å². The number of amides is 2. The number of pyridine rings is 1. The smallest absolute Gasteiger partial charge is 0.253 e. The molecule has 2 atom stereocenters. The Kier molecular flexibility index (Phi) is 7.00. The maximum absolute atomic E-state index is 13.2. The molecule has 3 N–H and O–H groups in total. The average Bonchev–Trinajstić information content (AvgIpc) is 3.25. The summed E-state index contributed by atoms with van der Waals surface area (Å²) in [6, 6.07) is 9.71. The topological polar surface area (TPSA) is 98.2 Å². The highest BCUT2D eigenvalue weighted by molar-refractivity contribution is 6.00. The molecule has 1 aliphatic carbocycles. The Morgan fingerprint density at radius 3 is 2.74 bits per heavy atom. The van der Waals surface area contributed by atoms with Gasteiger partial charge in [0.1, 0.15) is 0 Å². The van der Waals surface area contributed by atoms with Crippen molar-refractivity contribution in [2.24, 2.45) is 0 Å². The standard InChI is InChI=1S/C27H35N5O2/c1-4-9-23(32-24(33)15-27(5-2,6-3)31-26(32)28)19-14-20(17-29-16-19)25(34)30-22-13-12-18-10-7-8-11-21(18)22/h7-8,10-11,14,16-17,22-23H,4-6,9,12-13,15H2,1-3H3,(H2,28,31)(H,30,34)/t22-,23+/m0/s1. The SMILES string of the molecule is CCC[C@H](c1cncc(C(=O)N[C@H]2CCc3ccccc32)c1)N1C(=N)NC(CC)(CC)CC1=O. The molecule has 0 radical (unpaired) electrons. The van der Waals surface area contributed by atoms with E-state index in [0.717, 1.165) is 37.7 Å². The zero-order chi connectivity index (χ0) is 24.3. The van der Waals surface area contributed by atoms with Gasteiger partial charge in [-0.25, -0.2) is 0 Å². The molecule has 2 amide bonds. The summed E-state index contributed by atoms with van der Waals surface area (Å²) in [6.07, 6.45) is 8.58. The summed E-state index contributed by atoms with van der Waals surface area (Å²) in [7, 11) is 0. The van der Waals surface area contributed by atoms with Crippen LogP contribution >= 0.6 is 0 Å². The molecular formula is C27H35N5O2. The van der Waals surface area contributed by atoms with E-state index in [2.05, 4.69) is 34.7 Å². The van der Waals surface area contributed by atoms with E-state index < -0.39 is 0 Å². The summed E-state index contributed by atoms with van der Waals surface area (Å²) >= 11 is 0. The van der Waals surface area contributed by atoms with Gasteiger partial charge in [-0.1, -0.05) is 51.5 Å². The van der Waals surface area contributed by atoms with E-state index in [9.17, 15) is 9.59 Å². The summed E-state index contributed by atoms with van der Waals surface area (Å²) in [6.45, 7) is 6.15. The van der Waals surface area contributed by atoms with Gasteiger partial charge in [-0.05, 0) is 54.9 Å². The lowest BCUT2D eigenvalue weighted by atomic mass is 9.86. The number of nitrogens with one attached hydrogen (secondary N) is 3. The molecule has 180 valence electrons. The van der Waals surface area contributed by atoms with Crippen LogP contribution in [0.25, 0.3) is 0 Å². The zero-order valence-corrected chi connectivity index (χ0v) is 20.4. The molecule has 0 unspecified atom stereocenters. The lowest BCUT2D eigenvalue weighted by molar-refractivity contribution is -0.132. The minimum Gasteiger partial charge on any atom is -0.350 e. The minimum atomic E-state index is -0.362. The summed E-state index contributed by atoms with van der Waals surface area (Å²) in [4.78, 5) is 32.3. The molecule has 0 bridgehead atoms. The Balaban J connectivity index is 1.55. The van der Waals surface area contributed by atoms with Crippen molar-refractivity contribution in [3.63, 3.8) is 0 Å². The second kappa shape index (κ2) is 9.95. The van der Waals surface area contributed by atoms with Gasteiger partial charge in [0, 0.05) is 17.9 Å². The highest BCUT2D eigenvalue weighted by atomic mass is 16.2. The third-order valence-corrected chi connectivity index (χ3v) is 7.45. The zero-order valence-electron chi connectivity index (χ0n) is 20.4. The van der Waals surface area contributed by atoms with Gasteiger partial charge >= 0.3 is 0 Å². The number of nitrogens with zero attached hydrogens (tertiary/aromatic N) is 2. The molecule has 2 aromatic rings. The Morgan fingerprint density at radius 2 is 2.03 bits per heavy atom. The first-order valence-corrected chi connectivity index (χ1v) is 12.4. The highest BCUT2D eigenvalue weighted by Crippen LogP contribution is 2.34. The molecule has 4 rings (SSSR count). The first-order chi connectivity index (χ1) is 16.4.